The monoisotopic (exact) mass is 424 g/mol. The average molecular weight is 425 g/mol. The number of nitrogens with zero attached hydrogens (tertiary/aromatic N) is 2. The third kappa shape index (κ3) is 9.06. The Bertz CT molecular complexity index is 583. The maximum Gasteiger partial charge on any atom is 0.410 e. The van der Waals surface area contributed by atoms with Crippen LogP contribution in [0.3, 0.4) is 0 Å². The molecule has 172 valence electrons. The first-order valence-corrected chi connectivity index (χ1v) is 10.9. The van der Waals surface area contributed by atoms with E-state index in [-0.39, 0.29) is 24.3 Å². The maximum absolute atomic E-state index is 13.3. The molecule has 0 aromatic rings. The summed E-state index contributed by atoms with van der Waals surface area (Å²) in [5.41, 5.74) is 0. The molecule has 2 unspecified atom stereocenters. The van der Waals surface area contributed by atoms with Crippen molar-refractivity contribution in [2.24, 2.45) is 11.8 Å². The van der Waals surface area contributed by atoms with Crippen LogP contribution in [0.15, 0.2) is 0 Å². The number of carbonyl (C=O) groups is 3. The Morgan fingerprint density at radius 1 is 0.867 bits per heavy atom. The summed E-state index contributed by atoms with van der Waals surface area (Å²) in [5, 5.41) is 0. The Labute approximate surface area is 182 Å². The third-order valence-corrected chi connectivity index (χ3v) is 4.94. The van der Waals surface area contributed by atoms with Gasteiger partial charge in [-0.25, -0.2) is 9.59 Å². The first-order chi connectivity index (χ1) is 14.1. The van der Waals surface area contributed by atoms with E-state index in [1.807, 2.05) is 27.7 Å². The number of ether oxygens (including phenoxy) is 2. The lowest BCUT2D eigenvalue weighted by Crippen LogP contribution is -2.56. The summed E-state index contributed by atoms with van der Waals surface area (Å²) < 4.78 is 10.6. The molecule has 7 heteroatoms. The zero-order chi connectivity index (χ0) is 23.3. The molecule has 0 saturated carbocycles. The van der Waals surface area contributed by atoms with Crippen LogP contribution in [0.1, 0.15) is 66.7 Å². The zero-order valence-corrected chi connectivity index (χ0v) is 19.8. The van der Waals surface area contributed by atoms with Crippen LogP contribution in [0.4, 0.5) is 4.79 Å². The van der Waals surface area contributed by atoms with Gasteiger partial charge in [-0.15, -0.1) is 12.3 Å². The predicted molar refractivity (Wildman–Crippen MR) is 118 cm³/mol. The van der Waals surface area contributed by atoms with E-state index >= 15 is 0 Å². The Kier molecular flexibility index (Phi) is 13.6. The second-order valence-electron chi connectivity index (χ2n) is 8.23. The van der Waals surface area contributed by atoms with Crippen LogP contribution >= 0.6 is 0 Å². The summed E-state index contributed by atoms with van der Waals surface area (Å²) in [5.74, 6) is 1.34. The molecule has 2 atom stereocenters. The SMILES string of the molecule is C#CCCOC(=O)N(C)C(C(=O)N(C)C(C(=O)OCCCCCC)C(C)C)C(C)C. The van der Waals surface area contributed by atoms with E-state index in [4.69, 9.17) is 15.9 Å². The number of unbranched alkanes of at least 4 members (excludes halogenated alkanes) is 3. The molecule has 0 saturated heterocycles. The topological polar surface area (TPSA) is 76.2 Å². The molecule has 0 aromatic carbocycles. The molecule has 0 bridgehead atoms. The average Bonchev–Trinajstić information content (AvgIpc) is 2.67. The molecule has 0 aliphatic heterocycles. The van der Waals surface area contributed by atoms with E-state index in [1.165, 1.54) is 16.8 Å². The summed E-state index contributed by atoms with van der Waals surface area (Å²) >= 11 is 0. The normalized spacial score (nSPS) is 12.8. The van der Waals surface area contributed by atoms with Gasteiger partial charge in [0.25, 0.3) is 0 Å². The minimum absolute atomic E-state index is 0.0908. The highest BCUT2D eigenvalue weighted by molar-refractivity contribution is 5.89. The Balaban J connectivity index is 5.24. The highest BCUT2D eigenvalue weighted by Crippen LogP contribution is 2.19. The summed E-state index contributed by atoms with van der Waals surface area (Å²) in [7, 11) is 3.10. The van der Waals surface area contributed by atoms with E-state index in [0.29, 0.717) is 13.0 Å². The molecular formula is C23H40N2O5. The van der Waals surface area contributed by atoms with Gasteiger partial charge in [0.1, 0.15) is 18.7 Å². The van der Waals surface area contributed by atoms with Crippen molar-refractivity contribution in [3.8, 4) is 12.3 Å². The highest BCUT2D eigenvalue weighted by Gasteiger charge is 2.38. The number of carbonyl (C=O) groups excluding carboxylic acids is 3. The fourth-order valence-electron chi connectivity index (χ4n) is 3.32. The van der Waals surface area contributed by atoms with E-state index in [2.05, 4.69) is 12.8 Å². The van der Waals surface area contributed by atoms with Crippen molar-refractivity contribution in [3.05, 3.63) is 0 Å². The molecule has 0 aliphatic carbocycles. The Morgan fingerprint density at radius 3 is 1.97 bits per heavy atom. The fraction of sp³-hybridized carbons (Fsp3) is 0.783. The lowest BCUT2D eigenvalue weighted by Gasteiger charge is -2.36. The van der Waals surface area contributed by atoms with Gasteiger partial charge in [-0.3, -0.25) is 9.69 Å². The summed E-state index contributed by atoms with van der Waals surface area (Å²) in [4.78, 5) is 41.0. The smallest absolute Gasteiger partial charge is 0.410 e. The van der Waals surface area contributed by atoms with Gasteiger partial charge in [0.15, 0.2) is 0 Å². The van der Waals surface area contributed by atoms with Gasteiger partial charge in [0.05, 0.1) is 6.61 Å². The molecule has 0 heterocycles. The second kappa shape index (κ2) is 14.7. The van der Waals surface area contributed by atoms with E-state index < -0.39 is 24.1 Å². The van der Waals surface area contributed by atoms with Gasteiger partial charge in [0, 0.05) is 20.5 Å². The van der Waals surface area contributed by atoms with Crippen molar-refractivity contribution in [1.29, 1.82) is 0 Å². The van der Waals surface area contributed by atoms with Crippen LogP contribution in [0.25, 0.3) is 0 Å². The number of amides is 2. The predicted octanol–water partition coefficient (Wildman–Crippen LogP) is 3.71. The van der Waals surface area contributed by atoms with Gasteiger partial charge >= 0.3 is 12.1 Å². The molecule has 0 rings (SSSR count). The van der Waals surface area contributed by atoms with Crippen LogP contribution in [0.2, 0.25) is 0 Å². The van der Waals surface area contributed by atoms with Crippen molar-refractivity contribution in [1.82, 2.24) is 9.80 Å². The number of terminal acetylenes is 1. The third-order valence-electron chi connectivity index (χ3n) is 4.94. The molecule has 0 fully saturated rings. The Morgan fingerprint density at radius 2 is 1.47 bits per heavy atom. The fourth-order valence-corrected chi connectivity index (χ4v) is 3.32. The van der Waals surface area contributed by atoms with Crippen molar-refractivity contribution in [2.75, 3.05) is 27.3 Å². The minimum atomic E-state index is -0.771. The van der Waals surface area contributed by atoms with Crippen LogP contribution in [0.5, 0.6) is 0 Å². The zero-order valence-electron chi connectivity index (χ0n) is 19.8. The molecule has 0 spiro atoms. The van der Waals surface area contributed by atoms with Gasteiger partial charge in [-0.1, -0.05) is 53.9 Å². The van der Waals surface area contributed by atoms with Crippen molar-refractivity contribution in [3.63, 3.8) is 0 Å². The largest absolute Gasteiger partial charge is 0.464 e. The molecule has 7 nitrogen and oxygen atoms in total. The minimum Gasteiger partial charge on any atom is -0.464 e. The molecule has 0 N–H and O–H groups in total. The molecule has 0 aromatic heterocycles. The quantitative estimate of drug-likeness (QED) is 0.256. The first-order valence-electron chi connectivity index (χ1n) is 10.9. The second-order valence-corrected chi connectivity index (χ2v) is 8.23. The standard InChI is InChI=1S/C23H40N2O5/c1-9-11-13-14-16-29-22(27)20(18(5)6)24(7)21(26)19(17(3)4)25(8)23(28)30-15-12-10-2/h2,17-20H,9,11-16H2,1,3-8H3. The first kappa shape index (κ1) is 27.8. The van der Waals surface area contributed by atoms with Gasteiger partial charge in [-0.05, 0) is 18.3 Å². The van der Waals surface area contributed by atoms with Crippen LogP contribution in [0, 0.1) is 24.2 Å². The van der Waals surface area contributed by atoms with Crippen LogP contribution in [-0.4, -0.2) is 67.2 Å². The summed E-state index contributed by atoms with van der Waals surface area (Å²) in [6, 6.07) is -1.50. The molecule has 30 heavy (non-hydrogen) atoms. The number of likely N-dealkylation sites (N-methyl/N-ethyl adjacent to an activating group) is 2. The molecule has 0 aliphatic rings. The highest BCUT2D eigenvalue weighted by atomic mass is 16.6. The van der Waals surface area contributed by atoms with E-state index in [9.17, 15) is 14.4 Å². The van der Waals surface area contributed by atoms with Gasteiger partial charge in [-0.2, -0.15) is 0 Å². The molecule has 2 amide bonds. The lowest BCUT2D eigenvalue weighted by atomic mass is 9.98. The molecular weight excluding hydrogens is 384 g/mol. The van der Waals surface area contributed by atoms with Crippen LogP contribution < -0.4 is 0 Å². The van der Waals surface area contributed by atoms with Crippen molar-refractivity contribution in [2.45, 2.75) is 78.8 Å². The Hall–Kier alpha value is -2.23. The number of esters is 1. The van der Waals surface area contributed by atoms with E-state index in [1.54, 1.807) is 7.05 Å². The summed E-state index contributed by atoms with van der Waals surface area (Å²) in [6.45, 7) is 9.99. The van der Waals surface area contributed by atoms with Gasteiger partial charge in [0.2, 0.25) is 5.91 Å². The maximum atomic E-state index is 13.3. The van der Waals surface area contributed by atoms with Gasteiger partial charge < -0.3 is 14.4 Å². The lowest BCUT2D eigenvalue weighted by molar-refractivity contribution is -0.158. The summed E-state index contributed by atoms with van der Waals surface area (Å²) in [6.07, 6.45) is 8.88. The molecule has 0 radical (unpaired) electrons. The number of hydrogen-bond donors (Lipinski definition) is 0. The van der Waals surface area contributed by atoms with Crippen molar-refractivity contribution >= 4 is 18.0 Å². The van der Waals surface area contributed by atoms with Crippen molar-refractivity contribution < 1.29 is 23.9 Å². The number of hydrogen-bond acceptors (Lipinski definition) is 5. The number of rotatable bonds is 13. The van der Waals surface area contributed by atoms with Crippen LogP contribution in [-0.2, 0) is 19.1 Å². The van der Waals surface area contributed by atoms with E-state index in [0.717, 1.165) is 25.7 Å².